The van der Waals surface area contributed by atoms with Crippen molar-refractivity contribution in [2.45, 2.75) is 37.0 Å². The fourth-order valence-corrected chi connectivity index (χ4v) is 3.48. The summed E-state index contributed by atoms with van der Waals surface area (Å²) in [4.78, 5) is 45.4. The van der Waals surface area contributed by atoms with Gasteiger partial charge in [-0.15, -0.1) is 6.42 Å². The van der Waals surface area contributed by atoms with Gasteiger partial charge in [-0.05, 0) is 6.92 Å². The molecule has 0 amide bonds. The molecule has 1 aliphatic rings. The Morgan fingerprint density at radius 1 is 1.61 bits per heavy atom. The molecule has 1 aliphatic heterocycles. The van der Waals surface area contributed by atoms with E-state index in [4.69, 9.17) is 20.8 Å². The Morgan fingerprint density at radius 2 is 2.25 bits per heavy atom. The van der Waals surface area contributed by atoms with Gasteiger partial charge in [-0.1, -0.05) is 5.92 Å². The molecule has 1 fully saturated rings. The van der Waals surface area contributed by atoms with E-state index in [1.165, 1.54) is 0 Å². The summed E-state index contributed by atoms with van der Waals surface area (Å²) >= 11 is 0. The van der Waals surface area contributed by atoms with E-state index in [0.29, 0.717) is 0 Å². The van der Waals surface area contributed by atoms with Crippen LogP contribution in [0.2, 0.25) is 0 Å². The molecule has 28 heavy (non-hydrogen) atoms. The highest BCUT2D eigenvalue weighted by molar-refractivity contribution is 7.50. The number of carboxylic acid groups (broad SMARTS) is 1. The fourth-order valence-electron chi connectivity index (χ4n) is 2.46. The molecule has 0 bridgehead atoms. The number of carboxylic acids is 1. The Hall–Kier alpha value is -2.30. The second kappa shape index (κ2) is 7.98. The van der Waals surface area contributed by atoms with Crippen LogP contribution in [0.15, 0.2) is 21.9 Å². The number of carbonyl (C=O) groups is 1. The zero-order chi connectivity index (χ0) is 21.3. The topological polar surface area (TPSA) is 200 Å². The van der Waals surface area contributed by atoms with Crippen molar-refractivity contribution in [3.8, 4) is 12.3 Å². The largest absolute Gasteiger partial charge is 0.480 e. The smallest absolute Gasteiger partial charge is 0.403 e. The molecule has 0 saturated carbocycles. The molecular weight excluding hydrogens is 401 g/mol. The minimum absolute atomic E-state index is 0.719. The summed E-state index contributed by atoms with van der Waals surface area (Å²) < 4.78 is 22.7. The Balaban J connectivity index is 2.21. The van der Waals surface area contributed by atoms with Gasteiger partial charge < -0.3 is 24.9 Å². The number of aromatic nitrogens is 2. The highest BCUT2D eigenvalue weighted by Gasteiger charge is 2.56. The minimum atomic E-state index is -4.61. The number of terminal acetylenes is 1. The maximum atomic E-state index is 11.9. The lowest BCUT2D eigenvalue weighted by molar-refractivity contribution is -0.138. The van der Waals surface area contributed by atoms with Crippen molar-refractivity contribution >= 4 is 13.7 Å². The van der Waals surface area contributed by atoms with Gasteiger partial charge in [0.2, 0.25) is 0 Å². The second-order valence-electron chi connectivity index (χ2n) is 5.96. The summed E-state index contributed by atoms with van der Waals surface area (Å²) in [5.74, 6) is 0.495. The van der Waals surface area contributed by atoms with Crippen molar-refractivity contribution in [3.63, 3.8) is 0 Å². The zero-order valence-corrected chi connectivity index (χ0v) is 15.3. The van der Waals surface area contributed by atoms with Gasteiger partial charge in [0.15, 0.2) is 11.8 Å². The molecular formula is C14H18N3O10P. The van der Waals surface area contributed by atoms with Crippen LogP contribution in [0.4, 0.5) is 0 Å². The molecule has 1 saturated heterocycles. The number of aliphatic carboxylic acids is 1. The number of hydrogen-bond acceptors (Lipinski definition) is 8. The zero-order valence-electron chi connectivity index (χ0n) is 14.4. The fraction of sp³-hybridized carbons (Fsp3) is 0.500. The Kier molecular flexibility index (Phi) is 6.27. The van der Waals surface area contributed by atoms with E-state index in [1.807, 2.05) is 16.0 Å². The standard InChI is InChI=1S/C14H18N3O10P/c1-3-14(23)10(19)8(6-26-28(24,25)16-7(2)11(20)21)27-12(14)17-5-4-9(18)15-13(17)22/h1,4-5,7-8,10,12,19,23H,6H2,2H3,(H,20,21)(H,15,18,22)(H2,16,24,25)/t7-,8+,10+,12?,14+/m0/s1. The normalized spacial score (nSPS) is 30.3. The summed E-state index contributed by atoms with van der Waals surface area (Å²) in [5.41, 5.74) is -4.13. The third kappa shape index (κ3) is 4.40. The maximum Gasteiger partial charge on any atom is 0.403 e. The van der Waals surface area contributed by atoms with Crippen LogP contribution in [0.3, 0.4) is 0 Å². The summed E-state index contributed by atoms with van der Waals surface area (Å²) in [5, 5.41) is 31.4. The number of H-pyrrole nitrogens is 1. The summed E-state index contributed by atoms with van der Waals surface area (Å²) in [6.07, 6.45) is 1.28. The number of aliphatic hydroxyl groups excluding tert-OH is 1. The van der Waals surface area contributed by atoms with Crippen LogP contribution < -0.4 is 16.3 Å². The molecule has 2 rings (SSSR count). The van der Waals surface area contributed by atoms with Crippen LogP contribution >= 0.6 is 7.75 Å². The molecule has 6 atom stereocenters. The molecule has 2 unspecified atom stereocenters. The lowest BCUT2D eigenvalue weighted by Crippen LogP contribution is -2.48. The number of ether oxygens (including phenoxy) is 1. The van der Waals surface area contributed by atoms with Crippen LogP contribution in [0.1, 0.15) is 13.2 Å². The predicted octanol–water partition coefficient (Wildman–Crippen LogP) is -2.66. The van der Waals surface area contributed by atoms with Crippen LogP contribution in [-0.4, -0.2) is 66.2 Å². The predicted molar refractivity (Wildman–Crippen MR) is 91.0 cm³/mol. The molecule has 6 N–H and O–H groups in total. The van der Waals surface area contributed by atoms with E-state index in [-0.39, 0.29) is 0 Å². The van der Waals surface area contributed by atoms with Gasteiger partial charge in [0.05, 0.1) is 6.61 Å². The number of aliphatic hydroxyl groups is 2. The molecule has 1 aromatic rings. The Bertz CT molecular complexity index is 952. The Labute approximate surface area is 157 Å². The summed E-state index contributed by atoms with van der Waals surface area (Å²) in [7, 11) is -4.61. The quantitative estimate of drug-likeness (QED) is 0.199. The third-order valence-electron chi connectivity index (χ3n) is 3.96. The van der Waals surface area contributed by atoms with Crippen LogP contribution in [0.5, 0.6) is 0 Å². The minimum Gasteiger partial charge on any atom is -0.480 e. The second-order valence-corrected chi connectivity index (χ2v) is 7.52. The van der Waals surface area contributed by atoms with Crippen molar-refractivity contribution in [2.75, 3.05) is 6.61 Å². The number of nitrogens with zero attached hydrogens (tertiary/aromatic N) is 1. The van der Waals surface area contributed by atoms with Crippen molar-refractivity contribution in [2.24, 2.45) is 0 Å². The molecule has 14 heteroatoms. The average Bonchev–Trinajstić information content (AvgIpc) is 2.85. The lowest BCUT2D eigenvalue weighted by Gasteiger charge is -2.26. The molecule has 13 nitrogen and oxygen atoms in total. The molecule has 1 aromatic heterocycles. The monoisotopic (exact) mass is 419 g/mol. The molecule has 2 heterocycles. The lowest BCUT2D eigenvalue weighted by atomic mass is 9.95. The van der Waals surface area contributed by atoms with E-state index < -0.39 is 61.7 Å². The van der Waals surface area contributed by atoms with Crippen molar-refractivity contribution in [1.29, 1.82) is 0 Å². The molecule has 0 aromatic carbocycles. The highest BCUT2D eigenvalue weighted by Crippen LogP contribution is 2.42. The first-order valence-electron chi connectivity index (χ1n) is 7.74. The average molecular weight is 419 g/mol. The van der Waals surface area contributed by atoms with Crippen molar-refractivity contribution < 1.29 is 38.8 Å². The number of rotatable bonds is 7. The molecule has 0 spiro atoms. The van der Waals surface area contributed by atoms with E-state index in [0.717, 1.165) is 23.8 Å². The van der Waals surface area contributed by atoms with E-state index >= 15 is 0 Å². The number of hydrogen-bond donors (Lipinski definition) is 6. The van der Waals surface area contributed by atoms with E-state index in [2.05, 4.69) is 0 Å². The van der Waals surface area contributed by atoms with Gasteiger partial charge in [0, 0.05) is 12.3 Å². The molecule has 154 valence electrons. The first kappa shape index (κ1) is 22.0. The van der Waals surface area contributed by atoms with E-state index in [9.17, 15) is 34.1 Å². The first-order chi connectivity index (χ1) is 12.9. The summed E-state index contributed by atoms with van der Waals surface area (Å²) in [6, 6.07) is -0.461. The number of nitrogens with one attached hydrogen (secondary N) is 2. The third-order valence-corrected chi connectivity index (χ3v) is 5.17. The van der Waals surface area contributed by atoms with Gasteiger partial charge in [0.1, 0.15) is 18.2 Å². The Morgan fingerprint density at radius 3 is 2.79 bits per heavy atom. The van der Waals surface area contributed by atoms with Crippen LogP contribution in [0, 0.1) is 12.3 Å². The summed E-state index contributed by atoms with van der Waals surface area (Å²) in [6.45, 7) is 0.318. The van der Waals surface area contributed by atoms with Gasteiger partial charge in [-0.2, -0.15) is 0 Å². The van der Waals surface area contributed by atoms with Crippen molar-refractivity contribution in [1.82, 2.24) is 14.6 Å². The highest BCUT2D eigenvalue weighted by atomic mass is 31.2. The van der Waals surface area contributed by atoms with Crippen LogP contribution in [0.25, 0.3) is 0 Å². The van der Waals surface area contributed by atoms with Gasteiger partial charge in [-0.25, -0.2) is 14.4 Å². The first-order valence-corrected chi connectivity index (χ1v) is 9.32. The molecule has 0 radical (unpaired) electrons. The number of aromatic amines is 1. The maximum absolute atomic E-state index is 11.9. The van der Waals surface area contributed by atoms with Crippen molar-refractivity contribution in [3.05, 3.63) is 33.1 Å². The molecule has 0 aliphatic carbocycles. The van der Waals surface area contributed by atoms with Gasteiger partial charge >= 0.3 is 19.4 Å². The van der Waals surface area contributed by atoms with E-state index in [1.54, 1.807) is 0 Å². The van der Waals surface area contributed by atoms with Gasteiger partial charge in [0.25, 0.3) is 5.56 Å². The SMILES string of the molecule is C#C[C@]1(O)C(n2ccc(=O)[nH]c2=O)O[C@H](COP(=O)(O)N[C@@H](C)C(=O)O)[C@H]1O. The van der Waals surface area contributed by atoms with Gasteiger partial charge in [-0.3, -0.25) is 23.7 Å². The van der Waals surface area contributed by atoms with Crippen LogP contribution in [-0.2, 0) is 18.6 Å².